The number of esters is 6. The standard InChI is InChI=1S/C45H44N2O14S2/c1-27(2)43(54)58-22-20-56-33(48)16-18-35(50)60-32-24-29(5)38(61-36(51)19-17-34(49)57-21-23-59-44(55)28(3)4)40-39(32)62-45(63-40)37-41(52)46(25-30-12-8-6-9-13-30)47(42(37)53)26-31-14-10-7-11-15-31/h6-15,24H,1,3,16-23,25-26H2,2,4-5H3. The number of ether oxygens (including phenoxy) is 6. The van der Waals surface area contributed by atoms with Crippen molar-refractivity contribution in [1.82, 2.24) is 10.0 Å². The lowest BCUT2D eigenvalue weighted by Gasteiger charge is -2.27. The number of nitrogens with zero attached hydrogens (tertiary/aromatic N) is 2. The largest absolute Gasteiger partial charge is 0.462 e. The number of rotatable bonds is 20. The molecule has 0 aliphatic carbocycles. The average molecular weight is 901 g/mol. The summed E-state index contributed by atoms with van der Waals surface area (Å²) in [5.41, 5.74) is 2.11. The highest BCUT2D eigenvalue weighted by molar-refractivity contribution is 8.25. The van der Waals surface area contributed by atoms with E-state index in [0.29, 0.717) is 5.56 Å². The Hall–Kier alpha value is -6.66. The van der Waals surface area contributed by atoms with Crippen LogP contribution in [0.3, 0.4) is 0 Å². The Morgan fingerprint density at radius 1 is 0.571 bits per heavy atom. The number of carbonyl (C=O) groups is 8. The zero-order chi connectivity index (χ0) is 45.6. The first kappa shape index (κ1) is 47.4. The molecular weight excluding hydrogens is 857 g/mol. The highest BCUT2D eigenvalue weighted by Crippen LogP contribution is 2.60. The molecule has 0 bridgehead atoms. The van der Waals surface area contributed by atoms with E-state index >= 15 is 0 Å². The molecule has 5 rings (SSSR count). The molecule has 16 nitrogen and oxygen atoms in total. The van der Waals surface area contributed by atoms with Gasteiger partial charge in [0.1, 0.15) is 43.5 Å². The number of thioether (sulfide) groups is 2. The van der Waals surface area contributed by atoms with Crippen molar-refractivity contribution in [3.8, 4) is 11.5 Å². The number of aryl methyl sites for hydroxylation is 1. The molecule has 2 heterocycles. The molecule has 330 valence electrons. The summed E-state index contributed by atoms with van der Waals surface area (Å²) in [6.45, 7) is 10.8. The molecule has 1 saturated heterocycles. The lowest BCUT2D eigenvalue weighted by Crippen LogP contribution is -2.39. The Morgan fingerprint density at radius 2 is 0.984 bits per heavy atom. The molecule has 0 N–H and O–H groups in total. The second-order valence-electron chi connectivity index (χ2n) is 14.0. The van der Waals surface area contributed by atoms with E-state index in [1.807, 2.05) is 60.7 Å². The third-order valence-electron chi connectivity index (χ3n) is 8.84. The minimum atomic E-state index is -0.817. The fourth-order valence-electron chi connectivity index (χ4n) is 5.71. The number of hydrogen-bond donors (Lipinski definition) is 0. The molecule has 0 unspecified atom stereocenters. The monoisotopic (exact) mass is 900 g/mol. The minimum Gasteiger partial charge on any atom is -0.462 e. The molecule has 3 aromatic carbocycles. The quantitative estimate of drug-likeness (QED) is 0.0315. The minimum absolute atomic E-state index is 0.0107. The van der Waals surface area contributed by atoms with Crippen molar-refractivity contribution in [3.63, 3.8) is 0 Å². The van der Waals surface area contributed by atoms with Gasteiger partial charge in [-0.05, 0) is 43.5 Å². The third kappa shape index (κ3) is 13.2. The molecule has 2 amide bonds. The van der Waals surface area contributed by atoms with E-state index in [0.717, 1.165) is 34.7 Å². The van der Waals surface area contributed by atoms with E-state index in [1.54, 1.807) is 6.92 Å². The topological polar surface area (TPSA) is 198 Å². The number of hydrogen-bond acceptors (Lipinski definition) is 16. The summed E-state index contributed by atoms with van der Waals surface area (Å²) in [4.78, 5) is 103. The van der Waals surface area contributed by atoms with Gasteiger partial charge in [0.2, 0.25) is 0 Å². The molecule has 63 heavy (non-hydrogen) atoms. The van der Waals surface area contributed by atoms with Crippen LogP contribution < -0.4 is 9.47 Å². The van der Waals surface area contributed by atoms with Gasteiger partial charge in [-0.2, -0.15) is 0 Å². The number of carbonyl (C=O) groups excluding carboxylic acids is 8. The van der Waals surface area contributed by atoms with Gasteiger partial charge in [-0.1, -0.05) is 97.3 Å². The van der Waals surface area contributed by atoms with Crippen molar-refractivity contribution in [2.45, 2.75) is 69.3 Å². The predicted molar refractivity (Wildman–Crippen MR) is 227 cm³/mol. The Kier molecular flexibility index (Phi) is 16.9. The molecule has 18 heteroatoms. The fourth-order valence-corrected chi connectivity index (χ4v) is 8.43. The Morgan fingerprint density at radius 3 is 1.44 bits per heavy atom. The summed E-state index contributed by atoms with van der Waals surface area (Å²) in [5, 5.41) is 2.74. The predicted octanol–water partition coefficient (Wildman–Crippen LogP) is 6.09. The first-order chi connectivity index (χ1) is 30.1. The highest BCUT2D eigenvalue weighted by atomic mass is 32.2. The molecule has 0 atom stereocenters. The lowest BCUT2D eigenvalue weighted by molar-refractivity contribution is -0.151. The van der Waals surface area contributed by atoms with E-state index in [1.165, 1.54) is 29.9 Å². The Labute approximate surface area is 371 Å². The van der Waals surface area contributed by atoms with E-state index in [9.17, 15) is 38.4 Å². The van der Waals surface area contributed by atoms with Gasteiger partial charge in [0.25, 0.3) is 11.8 Å². The second-order valence-corrected chi connectivity index (χ2v) is 16.3. The number of amides is 2. The van der Waals surface area contributed by atoms with Gasteiger partial charge in [0.15, 0.2) is 0 Å². The summed E-state index contributed by atoms with van der Waals surface area (Å²) >= 11 is 1.96. The lowest BCUT2D eigenvalue weighted by atomic mass is 10.2. The summed E-state index contributed by atoms with van der Waals surface area (Å²) < 4.78 is 31.6. The van der Waals surface area contributed by atoms with E-state index in [-0.39, 0.29) is 94.6 Å². The van der Waals surface area contributed by atoms with E-state index in [4.69, 9.17) is 28.4 Å². The van der Waals surface area contributed by atoms with Crippen molar-refractivity contribution in [3.05, 3.63) is 118 Å². The molecule has 0 spiro atoms. The first-order valence-electron chi connectivity index (χ1n) is 19.5. The maximum absolute atomic E-state index is 14.3. The SMILES string of the molecule is C=C(C)C(=O)OCCOC(=O)CCC(=O)Oc1cc(C)c(OC(=O)CCC(=O)OCCOC(=O)C(=C)C)c2c1SC(=C1C(=O)N(Cc3ccccc3)N(Cc3ccccc3)C1=O)S2. The van der Waals surface area contributed by atoms with Crippen LogP contribution in [0.1, 0.15) is 56.2 Å². The Balaban J connectivity index is 1.37. The van der Waals surface area contributed by atoms with Crippen molar-refractivity contribution >= 4 is 71.2 Å². The maximum Gasteiger partial charge on any atom is 0.333 e. The average Bonchev–Trinajstić information content (AvgIpc) is 3.79. The van der Waals surface area contributed by atoms with E-state index in [2.05, 4.69) is 13.2 Å². The van der Waals surface area contributed by atoms with Crippen LogP contribution in [-0.4, -0.2) is 84.1 Å². The van der Waals surface area contributed by atoms with Crippen molar-refractivity contribution < 1.29 is 66.8 Å². The second kappa shape index (κ2) is 22.4. The van der Waals surface area contributed by atoms with Gasteiger partial charge in [-0.25, -0.2) is 19.6 Å². The summed E-state index contributed by atoms with van der Waals surface area (Å²) in [6, 6.07) is 19.8. The van der Waals surface area contributed by atoms with Crippen LogP contribution in [0, 0.1) is 6.92 Å². The normalized spacial score (nSPS) is 13.0. The molecule has 2 aliphatic heterocycles. The van der Waals surface area contributed by atoms with Crippen molar-refractivity contribution in [2.75, 3.05) is 26.4 Å². The van der Waals surface area contributed by atoms with Crippen LogP contribution in [0.25, 0.3) is 0 Å². The van der Waals surface area contributed by atoms with Gasteiger partial charge >= 0.3 is 35.8 Å². The molecule has 0 aromatic heterocycles. The zero-order valence-corrected chi connectivity index (χ0v) is 36.4. The molecule has 0 saturated carbocycles. The van der Waals surface area contributed by atoms with Crippen LogP contribution in [0.5, 0.6) is 11.5 Å². The van der Waals surface area contributed by atoms with Gasteiger partial charge in [0, 0.05) is 11.1 Å². The van der Waals surface area contributed by atoms with Gasteiger partial charge in [-0.15, -0.1) is 0 Å². The smallest absolute Gasteiger partial charge is 0.333 e. The molecular formula is C45H44N2O14S2. The van der Waals surface area contributed by atoms with Crippen molar-refractivity contribution in [2.24, 2.45) is 0 Å². The van der Waals surface area contributed by atoms with Gasteiger partial charge in [0.05, 0.1) is 52.8 Å². The van der Waals surface area contributed by atoms with Crippen molar-refractivity contribution in [1.29, 1.82) is 0 Å². The van der Waals surface area contributed by atoms with Gasteiger partial charge < -0.3 is 28.4 Å². The van der Waals surface area contributed by atoms with Gasteiger partial charge in [-0.3, -0.25) is 28.8 Å². The highest BCUT2D eigenvalue weighted by Gasteiger charge is 2.45. The molecule has 1 fully saturated rings. The molecule has 2 aliphatic rings. The number of fused-ring (bicyclic) bond motifs is 1. The third-order valence-corrected chi connectivity index (χ3v) is 11.4. The van der Waals surface area contributed by atoms with E-state index < -0.39 is 60.5 Å². The zero-order valence-electron chi connectivity index (χ0n) is 34.8. The Bertz CT molecular complexity index is 2280. The number of hydrazine groups is 1. The summed E-state index contributed by atoms with van der Waals surface area (Å²) in [7, 11) is 0. The maximum atomic E-state index is 14.3. The van der Waals surface area contributed by atoms with Crippen LogP contribution in [0.15, 0.2) is 111 Å². The molecule has 3 aromatic rings. The first-order valence-corrected chi connectivity index (χ1v) is 21.1. The number of benzene rings is 3. The summed E-state index contributed by atoms with van der Waals surface area (Å²) in [6.07, 6.45) is -1.51. The van der Waals surface area contributed by atoms with Crippen LogP contribution in [-0.2, 0) is 70.4 Å². The summed E-state index contributed by atoms with van der Waals surface area (Å²) in [5.74, 6) is -5.48. The van der Waals surface area contributed by atoms with Crippen LogP contribution in [0.2, 0.25) is 0 Å². The molecule has 0 radical (unpaired) electrons. The van der Waals surface area contributed by atoms with Crippen LogP contribution >= 0.6 is 23.5 Å². The van der Waals surface area contributed by atoms with Crippen LogP contribution in [0.4, 0.5) is 0 Å². The fraction of sp³-hybridized carbons (Fsp3) is 0.289.